The summed E-state index contributed by atoms with van der Waals surface area (Å²) in [5, 5.41) is 5.38. The molecule has 98 valence electrons. The van der Waals surface area contributed by atoms with Gasteiger partial charge in [-0.3, -0.25) is 0 Å². The number of hydrogen-bond donors (Lipinski definition) is 1. The Morgan fingerprint density at radius 1 is 1.39 bits per heavy atom. The third-order valence-corrected chi connectivity index (χ3v) is 3.81. The summed E-state index contributed by atoms with van der Waals surface area (Å²) in [6, 6.07) is 0. The molecule has 5 nitrogen and oxygen atoms in total. The Hall–Kier alpha value is -1.24. The van der Waals surface area contributed by atoms with Gasteiger partial charge >= 0.3 is 0 Å². The maximum Gasteiger partial charge on any atom is 0.147 e. The number of ether oxygens (including phenoxy) is 2. The van der Waals surface area contributed by atoms with E-state index in [0.29, 0.717) is 13.2 Å². The lowest BCUT2D eigenvalue weighted by Crippen LogP contribution is -2.26. The number of aryl methyl sites for hydroxylation is 1. The van der Waals surface area contributed by atoms with Gasteiger partial charge in [-0.05, 0) is 17.9 Å². The number of nitrogens with zero attached hydrogens (tertiary/aromatic N) is 2. The van der Waals surface area contributed by atoms with Crippen molar-refractivity contribution in [3.63, 3.8) is 0 Å². The molecular formula is C12H17N3O2S. The zero-order valence-corrected chi connectivity index (χ0v) is 11.6. The fraction of sp³-hybridized carbons (Fsp3) is 0.500. The monoisotopic (exact) mass is 267 g/mol. The normalized spacial score (nSPS) is 12.8. The lowest BCUT2D eigenvalue weighted by molar-refractivity contribution is 0.0365. The number of anilines is 1. The molecule has 6 heteroatoms. The van der Waals surface area contributed by atoms with Crippen molar-refractivity contribution >= 4 is 27.4 Å². The second-order valence-electron chi connectivity index (χ2n) is 4.01. The summed E-state index contributed by atoms with van der Waals surface area (Å²) < 4.78 is 11.5. The summed E-state index contributed by atoms with van der Waals surface area (Å²) in [4.78, 5) is 8.57. The minimum absolute atomic E-state index is 0.0149. The first-order chi connectivity index (χ1) is 8.76. The molecule has 0 aliphatic carbocycles. The van der Waals surface area contributed by atoms with Crippen molar-refractivity contribution in [1.29, 1.82) is 0 Å². The zero-order chi connectivity index (χ0) is 13.0. The molecule has 0 saturated carbocycles. The Bertz CT molecular complexity index is 515. The van der Waals surface area contributed by atoms with Gasteiger partial charge in [-0.1, -0.05) is 0 Å². The average molecular weight is 267 g/mol. The Morgan fingerprint density at radius 3 is 2.94 bits per heavy atom. The van der Waals surface area contributed by atoms with Gasteiger partial charge < -0.3 is 14.8 Å². The van der Waals surface area contributed by atoms with Crippen LogP contribution in [0.5, 0.6) is 0 Å². The van der Waals surface area contributed by atoms with Gasteiger partial charge in [0, 0.05) is 20.8 Å². The second kappa shape index (κ2) is 6.08. The van der Waals surface area contributed by atoms with Crippen LogP contribution in [0.2, 0.25) is 0 Å². The standard InChI is InChI=1S/C12H17N3O2S/c1-8-6-18-11-10(8)14-7-15-12(11)13-4-9(17-3)5-16-2/h6-7,9H,4-5H2,1-3H3,(H,13,14,15). The number of fused-ring (bicyclic) bond motifs is 1. The van der Waals surface area contributed by atoms with E-state index in [9.17, 15) is 0 Å². The van der Waals surface area contributed by atoms with E-state index in [1.807, 2.05) is 0 Å². The van der Waals surface area contributed by atoms with Crippen LogP contribution in [0.1, 0.15) is 5.56 Å². The highest BCUT2D eigenvalue weighted by atomic mass is 32.1. The van der Waals surface area contributed by atoms with Crippen molar-refractivity contribution in [2.24, 2.45) is 0 Å². The number of aromatic nitrogens is 2. The van der Waals surface area contributed by atoms with Crippen LogP contribution in [0.4, 0.5) is 5.82 Å². The molecule has 0 bridgehead atoms. The number of methoxy groups -OCH3 is 2. The predicted molar refractivity (Wildman–Crippen MR) is 73.3 cm³/mol. The maximum absolute atomic E-state index is 5.30. The summed E-state index contributed by atoms with van der Waals surface area (Å²) >= 11 is 1.65. The van der Waals surface area contributed by atoms with E-state index in [-0.39, 0.29) is 6.10 Å². The molecule has 0 aromatic carbocycles. The number of nitrogens with one attached hydrogen (secondary N) is 1. The van der Waals surface area contributed by atoms with Gasteiger partial charge in [0.05, 0.1) is 22.9 Å². The Labute approximate surface area is 110 Å². The SMILES string of the molecule is COCC(CNc1ncnc2c(C)csc12)OC. The van der Waals surface area contributed by atoms with Crippen LogP contribution in [0, 0.1) is 6.92 Å². The summed E-state index contributed by atoms with van der Waals surface area (Å²) in [5.74, 6) is 0.858. The first kappa shape index (κ1) is 13.2. The third-order valence-electron chi connectivity index (χ3n) is 2.71. The second-order valence-corrected chi connectivity index (χ2v) is 4.89. The molecule has 0 saturated heterocycles. The first-order valence-electron chi connectivity index (χ1n) is 5.70. The molecule has 0 radical (unpaired) electrons. The van der Waals surface area contributed by atoms with Crippen molar-refractivity contribution in [3.8, 4) is 0 Å². The van der Waals surface area contributed by atoms with Gasteiger partial charge in [0.2, 0.25) is 0 Å². The topological polar surface area (TPSA) is 56.3 Å². The van der Waals surface area contributed by atoms with Crippen LogP contribution in [0.15, 0.2) is 11.7 Å². The number of rotatable bonds is 6. The van der Waals surface area contributed by atoms with Crippen LogP contribution in [-0.4, -0.2) is 43.4 Å². The van der Waals surface area contributed by atoms with Crippen LogP contribution in [0.25, 0.3) is 10.2 Å². The van der Waals surface area contributed by atoms with Gasteiger partial charge in [0.25, 0.3) is 0 Å². The molecule has 0 aliphatic rings. The lowest BCUT2D eigenvalue weighted by atomic mass is 10.3. The van der Waals surface area contributed by atoms with E-state index in [2.05, 4.69) is 27.6 Å². The highest BCUT2D eigenvalue weighted by Crippen LogP contribution is 2.28. The van der Waals surface area contributed by atoms with Crippen LogP contribution in [0.3, 0.4) is 0 Å². The van der Waals surface area contributed by atoms with Crippen LogP contribution >= 0.6 is 11.3 Å². The molecule has 1 atom stereocenters. The molecule has 2 aromatic rings. The van der Waals surface area contributed by atoms with Gasteiger partial charge in [-0.2, -0.15) is 0 Å². The maximum atomic E-state index is 5.30. The van der Waals surface area contributed by atoms with Gasteiger partial charge in [-0.25, -0.2) is 9.97 Å². The van der Waals surface area contributed by atoms with E-state index in [1.54, 1.807) is 31.9 Å². The largest absolute Gasteiger partial charge is 0.382 e. The van der Waals surface area contributed by atoms with E-state index in [0.717, 1.165) is 16.0 Å². The van der Waals surface area contributed by atoms with Gasteiger partial charge in [0.15, 0.2) is 0 Å². The quantitative estimate of drug-likeness (QED) is 0.868. The highest BCUT2D eigenvalue weighted by Gasteiger charge is 2.11. The van der Waals surface area contributed by atoms with E-state index < -0.39 is 0 Å². The Kier molecular flexibility index (Phi) is 4.46. The number of hydrogen-bond acceptors (Lipinski definition) is 6. The summed E-state index contributed by atoms with van der Waals surface area (Å²) in [6.45, 7) is 3.27. The third kappa shape index (κ3) is 2.77. The van der Waals surface area contributed by atoms with E-state index >= 15 is 0 Å². The lowest BCUT2D eigenvalue weighted by Gasteiger charge is -2.15. The molecule has 0 aliphatic heterocycles. The average Bonchev–Trinajstić information content (AvgIpc) is 2.77. The minimum Gasteiger partial charge on any atom is -0.382 e. The fourth-order valence-electron chi connectivity index (χ4n) is 1.70. The van der Waals surface area contributed by atoms with Crippen molar-refractivity contribution in [1.82, 2.24) is 9.97 Å². The predicted octanol–water partition coefficient (Wildman–Crippen LogP) is 2.07. The smallest absolute Gasteiger partial charge is 0.147 e. The summed E-state index contributed by atoms with van der Waals surface area (Å²) in [7, 11) is 3.34. The molecule has 2 heterocycles. The molecule has 0 amide bonds. The molecule has 2 rings (SSSR count). The van der Waals surface area contributed by atoms with Crippen molar-refractivity contribution in [2.75, 3.05) is 32.7 Å². The fourth-order valence-corrected chi connectivity index (χ4v) is 2.67. The van der Waals surface area contributed by atoms with E-state index in [4.69, 9.17) is 9.47 Å². The van der Waals surface area contributed by atoms with Crippen molar-refractivity contribution in [3.05, 3.63) is 17.3 Å². The molecule has 18 heavy (non-hydrogen) atoms. The zero-order valence-electron chi connectivity index (χ0n) is 10.8. The molecule has 1 N–H and O–H groups in total. The number of thiophene rings is 1. The molecule has 1 unspecified atom stereocenters. The van der Waals surface area contributed by atoms with Crippen molar-refractivity contribution in [2.45, 2.75) is 13.0 Å². The van der Waals surface area contributed by atoms with Crippen LogP contribution in [-0.2, 0) is 9.47 Å². The Morgan fingerprint density at radius 2 is 2.22 bits per heavy atom. The molecule has 2 aromatic heterocycles. The first-order valence-corrected chi connectivity index (χ1v) is 6.58. The van der Waals surface area contributed by atoms with Gasteiger partial charge in [-0.15, -0.1) is 11.3 Å². The van der Waals surface area contributed by atoms with Gasteiger partial charge in [0.1, 0.15) is 12.1 Å². The summed E-state index contributed by atoms with van der Waals surface area (Å²) in [6.07, 6.45) is 1.60. The van der Waals surface area contributed by atoms with Crippen molar-refractivity contribution < 1.29 is 9.47 Å². The van der Waals surface area contributed by atoms with Crippen LogP contribution < -0.4 is 5.32 Å². The molecule has 0 spiro atoms. The van der Waals surface area contributed by atoms with E-state index in [1.165, 1.54) is 5.56 Å². The minimum atomic E-state index is 0.0149. The highest BCUT2D eigenvalue weighted by molar-refractivity contribution is 7.18. The Balaban J connectivity index is 2.12. The molecular weight excluding hydrogens is 250 g/mol. The molecule has 0 fully saturated rings. The summed E-state index contributed by atoms with van der Waals surface area (Å²) in [5.41, 5.74) is 2.19.